The van der Waals surface area contributed by atoms with Crippen molar-refractivity contribution in [2.45, 2.75) is 37.9 Å². The molecule has 8 saturated carbocycles. The average Bonchev–Trinajstić information content (AvgIpc) is 3.14. The quantitative estimate of drug-likeness (QED) is 0.635. The lowest BCUT2D eigenvalue weighted by Crippen LogP contribution is -2.25. The summed E-state index contributed by atoms with van der Waals surface area (Å²) < 4.78 is 0. The Kier molecular flexibility index (Phi) is 1.38. The van der Waals surface area contributed by atoms with Crippen molar-refractivity contribution in [3.8, 4) is 0 Å². The van der Waals surface area contributed by atoms with Crippen molar-refractivity contribution in [2.75, 3.05) is 0 Å². The van der Waals surface area contributed by atoms with Crippen LogP contribution in [0.25, 0.3) is 0 Å². The molecule has 0 aromatic carbocycles. The van der Waals surface area contributed by atoms with E-state index in [2.05, 4.69) is 0 Å². The molecule has 0 saturated heterocycles. The molecular formula is C16H20O2. The summed E-state index contributed by atoms with van der Waals surface area (Å²) in [5.74, 6) is 5.47. The predicted molar refractivity (Wildman–Crippen MR) is 65.4 cm³/mol. The van der Waals surface area contributed by atoms with Crippen LogP contribution in [-0.2, 0) is 0 Å². The van der Waals surface area contributed by atoms with Gasteiger partial charge in [0.1, 0.15) is 0 Å². The molecule has 0 spiro atoms. The summed E-state index contributed by atoms with van der Waals surface area (Å²) in [6.45, 7) is 0. The van der Waals surface area contributed by atoms with Gasteiger partial charge in [0.25, 0.3) is 0 Å². The van der Waals surface area contributed by atoms with Gasteiger partial charge in [0.2, 0.25) is 0 Å². The van der Waals surface area contributed by atoms with E-state index in [1.165, 1.54) is 25.7 Å². The van der Waals surface area contributed by atoms with E-state index in [-0.39, 0.29) is 12.2 Å². The first-order valence-corrected chi connectivity index (χ1v) is 7.85. The van der Waals surface area contributed by atoms with Gasteiger partial charge in [-0.3, -0.25) is 0 Å². The van der Waals surface area contributed by atoms with Gasteiger partial charge < -0.3 is 10.2 Å². The monoisotopic (exact) mass is 244 g/mol. The van der Waals surface area contributed by atoms with Crippen molar-refractivity contribution in [3.63, 3.8) is 0 Å². The molecule has 18 heavy (non-hydrogen) atoms. The molecule has 0 heterocycles. The number of aliphatic hydroxyl groups is 2. The zero-order valence-electron chi connectivity index (χ0n) is 10.5. The molecule has 96 valence electrons. The zero-order chi connectivity index (χ0) is 11.8. The van der Waals surface area contributed by atoms with Gasteiger partial charge in [0.05, 0.1) is 12.2 Å². The molecule has 8 bridgehead atoms. The minimum Gasteiger partial charge on any atom is -0.393 e. The molecule has 0 aromatic rings. The van der Waals surface area contributed by atoms with Gasteiger partial charge in [0, 0.05) is 0 Å². The van der Waals surface area contributed by atoms with E-state index in [1.54, 1.807) is 0 Å². The summed E-state index contributed by atoms with van der Waals surface area (Å²) >= 11 is 0. The maximum atomic E-state index is 10.2. The average molecular weight is 244 g/mol. The molecule has 0 aliphatic heterocycles. The van der Waals surface area contributed by atoms with Crippen LogP contribution in [0.15, 0.2) is 11.1 Å². The third-order valence-corrected chi connectivity index (χ3v) is 7.86. The highest BCUT2D eigenvalue weighted by molar-refractivity contribution is 5.43. The van der Waals surface area contributed by atoms with Crippen LogP contribution in [0.3, 0.4) is 0 Å². The van der Waals surface area contributed by atoms with Crippen LogP contribution in [0, 0.1) is 47.3 Å². The lowest BCUT2D eigenvalue weighted by atomic mass is 9.82. The Morgan fingerprint density at radius 3 is 1.06 bits per heavy atom. The smallest absolute Gasteiger partial charge is 0.0608 e. The zero-order valence-corrected chi connectivity index (χ0v) is 10.5. The van der Waals surface area contributed by atoms with Gasteiger partial charge in [-0.2, -0.15) is 0 Å². The van der Waals surface area contributed by atoms with Gasteiger partial charge in [0.15, 0.2) is 0 Å². The number of aliphatic hydroxyl groups excluding tert-OH is 2. The van der Waals surface area contributed by atoms with E-state index in [9.17, 15) is 10.2 Å². The summed E-state index contributed by atoms with van der Waals surface area (Å²) in [5.41, 5.74) is 3.64. The molecule has 8 fully saturated rings. The van der Waals surface area contributed by atoms with E-state index >= 15 is 0 Å². The maximum Gasteiger partial charge on any atom is 0.0608 e. The van der Waals surface area contributed by atoms with Crippen molar-refractivity contribution in [2.24, 2.45) is 47.3 Å². The minimum atomic E-state index is 0.0310. The largest absolute Gasteiger partial charge is 0.393 e. The molecule has 8 aliphatic rings. The van der Waals surface area contributed by atoms with Crippen molar-refractivity contribution in [3.05, 3.63) is 11.1 Å². The van der Waals surface area contributed by atoms with Crippen molar-refractivity contribution in [1.29, 1.82) is 0 Å². The second kappa shape index (κ2) is 2.60. The second-order valence-corrected chi connectivity index (χ2v) is 7.92. The Hall–Kier alpha value is -0.340. The van der Waals surface area contributed by atoms with Gasteiger partial charge >= 0.3 is 0 Å². The van der Waals surface area contributed by atoms with E-state index in [4.69, 9.17) is 0 Å². The Labute approximate surface area is 107 Å². The highest BCUT2D eigenvalue weighted by Crippen LogP contribution is 2.73. The molecule has 8 aliphatic carbocycles. The summed E-state index contributed by atoms with van der Waals surface area (Å²) in [4.78, 5) is 0. The lowest BCUT2D eigenvalue weighted by Gasteiger charge is -2.26. The van der Waals surface area contributed by atoms with E-state index in [0.717, 1.165) is 23.7 Å². The third-order valence-electron chi connectivity index (χ3n) is 7.86. The Morgan fingerprint density at radius 2 is 0.833 bits per heavy atom. The highest BCUT2D eigenvalue weighted by Gasteiger charge is 2.68. The Morgan fingerprint density at radius 1 is 0.556 bits per heavy atom. The maximum absolute atomic E-state index is 10.2. The van der Waals surface area contributed by atoms with Crippen LogP contribution < -0.4 is 0 Å². The molecule has 0 unspecified atom stereocenters. The highest BCUT2D eigenvalue weighted by atomic mass is 16.3. The normalized spacial score (nSPS) is 69.7. The number of hydrogen-bond acceptors (Lipinski definition) is 2. The molecule has 2 N–H and O–H groups in total. The Bertz CT molecular complexity index is 411. The van der Waals surface area contributed by atoms with E-state index in [1.807, 2.05) is 11.1 Å². The van der Waals surface area contributed by atoms with E-state index < -0.39 is 0 Å². The van der Waals surface area contributed by atoms with Crippen LogP contribution >= 0.6 is 0 Å². The number of rotatable bonds is 0. The first kappa shape index (κ1) is 9.55. The first-order valence-electron chi connectivity index (χ1n) is 7.85. The standard InChI is InChI=1S/C16H20O2/c17-15-9-1-5-10(15)2-6(9)13(5)14-7-3-11-8(14)4-12(7)16(11)18/h5-12,15-18H,1-4H2/t5-,6-,7+,8+,9-,10-,11+,12+,15?,16?. The SMILES string of the molecule is OC1[C@H]2C[C@@H]3C(=C4[C@@H]5C[C@H]6C(O)[C@@H]5C[C@@H]46)[C@H]2C[C@H]13. The number of allylic oxidation sites excluding steroid dienone is 2. The fourth-order valence-corrected chi connectivity index (χ4v) is 7.51. The fourth-order valence-electron chi connectivity index (χ4n) is 7.51. The van der Waals surface area contributed by atoms with Gasteiger partial charge in [-0.05, 0) is 73.0 Å². The summed E-state index contributed by atoms with van der Waals surface area (Å²) in [7, 11) is 0. The summed E-state index contributed by atoms with van der Waals surface area (Å²) in [5, 5.41) is 20.4. The van der Waals surface area contributed by atoms with Crippen LogP contribution in [0.2, 0.25) is 0 Å². The van der Waals surface area contributed by atoms with Crippen molar-refractivity contribution < 1.29 is 10.2 Å². The molecule has 0 aromatic heterocycles. The fraction of sp³-hybridized carbons (Fsp3) is 0.875. The van der Waals surface area contributed by atoms with Crippen molar-refractivity contribution in [1.82, 2.24) is 0 Å². The topological polar surface area (TPSA) is 40.5 Å². The van der Waals surface area contributed by atoms with E-state index in [0.29, 0.717) is 23.7 Å². The third kappa shape index (κ3) is 0.735. The molecular weight excluding hydrogens is 224 g/mol. The second-order valence-electron chi connectivity index (χ2n) is 7.92. The van der Waals surface area contributed by atoms with Gasteiger partial charge in [-0.1, -0.05) is 11.1 Å². The summed E-state index contributed by atoms with van der Waals surface area (Å²) in [6, 6.07) is 0. The minimum absolute atomic E-state index is 0.0310. The van der Waals surface area contributed by atoms with Crippen LogP contribution in [-0.4, -0.2) is 22.4 Å². The van der Waals surface area contributed by atoms with Crippen LogP contribution in [0.4, 0.5) is 0 Å². The molecule has 0 radical (unpaired) electrons. The van der Waals surface area contributed by atoms with Crippen LogP contribution in [0.1, 0.15) is 25.7 Å². The van der Waals surface area contributed by atoms with Gasteiger partial charge in [-0.15, -0.1) is 0 Å². The first-order chi connectivity index (χ1) is 8.75. The van der Waals surface area contributed by atoms with Crippen LogP contribution in [0.5, 0.6) is 0 Å². The molecule has 2 nitrogen and oxygen atoms in total. The molecule has 8 atom stereocenters. The number of hydrogen-bond donors (Lipinski definition) is 2. The van der Waals surface area contributed by atoms with Crippen molar-refractivity contribution >= 4 is 0 Å². The predicted octanol–water partition coefficient (Wildman–Crippen LogP) is 1.58. The van der Waals surface area contributed by atoms with Gasteiger partial charge in [-0.25, -0.2) is 0 Å². The molecule has 2 heteroatoms. The lowest BCUT2D eigenvalue weighted by molar-refractivity contribution is 0.106. The Balaban J connectivity index is 1.51. The summed E-state index contributed by atoms with van der Waals surface area (Å²) in [6.07, 6.45) is 5.20. The molecule has 8 rings (SSSR count). The molecule has 0 amide bonds.